The fourth-order valence-electron chi connectivity index (χ4n) is 1.28. The zero-order chi connectivity index (χ0) is 11.3. The summed E-state index contributed by atoms with van der Waals surface area (Å²) in [6.45, 7) is 6.36. The van der Waals surface area contributed by atoms with Crippen LogP contribution in [-0.2, 0) is 6.42 Å². The van der Waals surface area contributed by atoms with Gasteiger partial charge in [-0.05, 0) is 19.8 Å². The van der Waals surface area contributed by atoms with E-state index >= 15 is 0 Å². The van der Waals surface area contributed by atoms with Gasteiger partial charge in [-0.3, -0.25) is 0 Å². The number of hydrogen-bond donors (Lipinski definition) is 2. The molecule has 0 aliphatic carbocycles. The van der Waals surface area contributed by atoms with Crippen molar-refractivity contribution in [1.29, 1.82) is 0 Å². The number of rotatable bonds is 5. The molecule has 0 amide bonds. The zero-order valence-electron chi connectivity index (χ0n) is 9.75. The Morgan fingerprint density at radius 1 is 1.40 bits per heavy atom. The van der Waals surface area contributed by atoms with Crippen molar-refractivity contribution in [2.75, 3.05) is 11.1 Å². The SMILES string of the molecule is CCCc1nc(N)cc(NC(C)CC)n1. The molecule has 0 bridgehead atoms. The average molecular weight is 208 g/mol. The lowest BCUT2D eigenvalue weighted by Gasteiger charge is -2.13. The first-order valence-electron chi connectivity index (χ1n) is 5.55. The second-order valence-corrected chi connectivity index (χ2v) is 3.80. The Labute approximate surface area is 91.3 Å². The molecule has 0 spiro atoms. The van der Waals surface area contributed by atoms with Crippen LogP contribution < -0.4 is 11.1 Å². The van der Waals surface area contributed by atoms with Crippen molar-refractivity contribution < 1.29 is 0 Å². The first-order valence-corrected chi connectivity index (χ1v) is 5.55. The van der Waals surface area contributed by atoms with Crippen molar-refractivity contribution in [3.8, 4) is 0 Å². The summed E-state index contributed by atoms with van der Waals surface area (Å²) in [4.78, 5) is 8.59. The lowest BCUT2D eigenvalue weighted by Crippen LogP contribution is -2.15. The van der Waals surface area contributed by atoms with Crippen LogP contribution in [-0.4, -0.2) is 16.0 Å². The van der Waals surface area contributed by atoms with E-state index in [1.54, 1.807) is 6.07 Å². The third kappa shape index (κ3) is 3.73. The molecule has 0 aliphatic rings. The smallest absolute Gasteiger partial charge is 0.133 e. The third-order valence-electron chi connectivity index (χ3n) is 2.27. The van der Waals surface area contributed by atoms with Crippen LogP contribution in [0.3, 0.4) is 0 Å². The number of aryl methyl sites for hydroxylation is 1. The number of nitrogens with two attached hydrogens (primary N) is 1. The van der Waals surface area contributed by atoms with Crippen LogP contribution in [0.25, 0.3) is 0 Å². The Hall–Kier alpha value is -1.32. The molecule has 0 radical (unpaired) electrons. The molecule has 1 aromatic rings. The molecule has 0 saturated carbocycles. The minimum atomic E-state index is 0.411. The number of nitrogens with zero attached hydrogens (tertiary/aromatic N) is 2. The van der Waals surface area contributed by atoms with Crippen LogP contribution in [0, 0.1) is 0 Å². The van der Waals surface area contributed by atoms with Crippen molar-refractivity contribution >= 4 is 11.6 Å². The van der Waals surface area contributed by atoms with Gasteiger partial charge in [-0.2, -0.15) is 0 Å². The first kappa shape index (κ1) is 11.8. The minimum absolute atomic E-state index is 0.411. The molecule has 1 aromatic heterocycles. The Balaban J connectivity index is 2.78. The van der Waals surface area contributed by atoms with Gasteiger partial charge in [0.25, 0.3) is 0 Å². The molecular weight excluding hydrogens is 188 g/mol. The molecule has 1 rings (SSSR count). The Bertz CT molecular complexity index is 311. The van der Waals surface area contributed by atoms with Gasteiger partial charge in [-0.25, -0.2) is 9.97 Å². The van der Waals surface area contributed by atoms with Crippen molar-refractivity contribution in [1.82, 2.24) is 9.97 Å². The van der Waals surface area contributed by atoms with Gasteiger partial charge in [0.15, 0.2) is 0 Å². The van der Waals surface area contributed by atoms with E-state index in [0.717, 1.165) is 30.9 Å². The highest BCUT2D eigenvalue weighted by molar-refractivity contribution is 5.45. The molecular formula is C11H20N4. The Morgan fingerprint density at radius 2 is 2.13 bits per heavy atom. The van der Waals surface area contributed by atoms with Gasteiger partial charge in [0, 0.05) is 18.5 Å². The van der Waals surface area contributed by atoms with Gasteiger partial charge >= 0.3 is 0 Å². The molecule has 0 fully saturated rings. The van der Waals surface area contributed by atoms with E-state index in [2.05, 4.69) is 36.1 Å². The molecule has 0 aromatic carbocycles. The summed E-state index contributed by atoms with van der Waals surface area (Å²) in [6.07, 6.45) is 2.97. The fraction of sp³-hybridized carbons (Fsp3) is 0.636. The molecule has 1 unspecified atom stereocenters. The monoisotopic (exact) mass is 208 g/mol. The number of hydrogen-bond acceptors (Lipinski definition) is 4. The topological polar surface area (TPSA) is 63.8 Å². The summed E-state index contributed by atoms with van der Waals surface area (Å²) in [7, 11) is 0. The molecule has 0 aliphatic heterocycles. The van der Waals surface area contributed by atoms with Gasteiger partial charge in [0.05, 0.1) is 0 Å². The lowest BCUT2D eigenvalue weighted by molar-refractivity contribution is 0.753. The van der Waals surface area contributed by atoms with Crippen molar-refractivity contribution in [3.63, 3.8) is 0 Å². The molecule has 1 heterocycles. The average Bonchev–Trinajstić information content (AvgIpc) is 2.17. The second kappa shape index (κ2) is 5.53. The second-order valence-electron chi connectivity index (χ2n) is 3.80. The van der Waals surface area contributed by atoms with Crippen LogP contribution in [0.1, 0.15) is 39.4 Å². The minimum Gasteiger partial charge on any atom is -0.384 e. The number of anilines is 2. The maximum Gasteiger partial charge on any atom is 0.133 e. The maximum atomic E-state index is 5.72. The normalized spacial score (nSPS) is 12.5. The van der Waals surface area contributed by atoms with E-state index < -0.39 is 0 Å². The Morgan fingerprint density at radius 3 is 2.73 bits per heavy atom. The van der Waals surface area contributed by atoms with E-state index in [1.807, 2.05) is 0 Å². The van der Waals surface area contributed by atoms with Gasteiger partial charge in [-0.15, -0.1) is 0 Å². The van der Waals surface area contributed by atoms with E-state index in [4.69, 9.17) is 5.73 Å². The highest BCUT2D eigenvalue weighted by atomic mass is 15.1. The predicted octanol–water partition coefficient (Wildman–Crippen LogP) is 2.22. The zero-order valence-corrected chi connectivity index (χ0v) is 9.75. The Kier molecular flexibility index (Phi) is 4.34. The van der Waals surface area contributed by atoms with Gasteiger partial charge < -0.3 is 11.1 Å². The summed E-state index contributed by atoms with van der Waals surface area (Å²) in [5.41, 5.74) is 5.72. The molecule has 4 nitrogen and oxygen atoms in total. The number of aromatic nitrogens is 2. The summed E-state index contributed by atoms with van der Waals surface area (Å²) in [5.74, 6) is 2.20. The molecule has 15 heavy (non-hydrogen) atoms. The summed E-state index contributed by atoms with van der Waals surface area (Å²) < 4.78 is 0. The summed E-state index contributed by atoms with van der Waals surface area (Å²) >= 11 is 0. The molecule has 84 valence electrons. The van der Waals surface area contributed by atoms with E-state index in [9.17, 15) is 0 Å². The lowest BCUT2D eigenvalue weighted by atomic mass is 10.2. The summed E-state index contributed by atoms with van der Waals surface area (Å²) in [5, 5.41) is 3.30. The maximum absolute atomic E-state index is 5.72. The number of nitrogens with one attached hydrogen (secondary N) is 1. The fourth-order valence-corrected chi connectivity index (χ4v) is 1.28. The number of nitrogen functional groups attached to an aromatic ring is 1. The molecule has 0 saturated heterocycles. The quantitative estimate of drug-likeness (QED) is 0.778. The van der Waals surface area contributed by atoms with E-state index in [0.29, 0.717) is 11.9 Å². The first-order chi connectivity index (χ1) is 7.15. The van der Waals surface area contributed by atoms with Crippen LogP contribution in [0.4, 0.5) is 11.6 Å². The molecule has 3 N–H and O–H groups in total. The van der Waals surface area contributed by atoms with Crippen LogP contribution >= 0.6 is 0 Å². The highest BCUT2D eigenvalue weighted by Gasteiger charge is 2.04. The summed E-state index contributed by atoms with van der Waals surface area (Å²) in [6, 6.07) is 2.19. The van der Waals surface area contributed by atoms with Gasteiger partial charge in [0.2, 0.25) is 0 Å². The molecule has 1 atom stereocenters. The van der Waals surface area contributed by atoms with Gasteiger partial charge in [0.1, 0.15) is 17.5 Å². The third-order valence-corrected chi connectivity index (χ3v) is 2.27. The van der Waals surface area contributed by atoms with Crippen molar-refractivity contribution in [3.05, 3.63) is 11.9 Å². The van der Waals surface area contributed by atoms with E-state index in [-0.39, 0.29) is 0 Å². The largest absolute Gasteiger partial charge is 0.384 e. The van der Waals surface area contributed by atoms with Gasteiger partial charge in [-0.1, -0.05) is 13.8 Å². The highest BCUT2D eigenvalue weighted by Crippen LogP contribution is 2.11. The van der Waals surface area contributed by atoms with Crippen molar-refractivity contribution in [2.45, 2.75) is 46.1 Å². The predicted molar refractivity (Wildman–Crippen MR) is 63.8 cm³/mol. The molecule has 4 heteroatoms. The standard InChI is InChI=1S/C11H20N4/c1-4-6-10-14-9(12)7-11(15-10)13-8(3)5-2/h7-8H,4-6H2,1-3H3,(H3,12,13,14,15). The van der Waals surface area contributed by atoms with Crippen molar-refractivity contribution in [2.24, 2.45) is 0 Å². The van der Waals surface area contributed by atoms with Crippen LogP contribution in [0.2, 0.25) is 0 Å². The van der Waals surface area contributed by atoms with Crippen LogP contribution in [0.5, 0.6) is 0 Å². The van der Waals surface area contributed by atoms with Crippen LogP contribution in [0.15, 0.2) is 6.07 Å². The van der Waals surface area contributed by atoms with E-state index in [1.165, 1.54) is 0 Å².